The number of nitrogens with zero attached hydrogens (tertiary/aromatic N) is 2. The molecule has 0 bridgehead atoms. The quantitative estimate of drug-likeness (QED) is 0.889. The molecule has 1 aliphatic heterocycles. The summed E-state index contributed by atoms with van der Waals surface area (Å²) in [5, 5.41) is 9.55. The molecule has 1 unspecified atom stereocenters. The Morgan fingerprint density at radius 1 is 1.50 bits per heavy atom. The molecular formula is C16H17FN4O2S. The fourth-order valence-electron chi connectivity index (χ4n) is 2.73. The Hall–Kier alpha value is -2.35. The molecule has 8 heteroatoms. The third-order valence-corrected chi connectivity index (χ3v) is 4.66. The predicted octanol–water partition coefficient (Wildman–Crippen LogP) is 2.54. The maximum absolute atomic E-state index is 13.5. The van der Waals surface area contributed by atoms with E-state index in [2.05, 4.69) is 20.2 Å². The Balaban J connectivity index is 1.77. The fraction of sp³-hybridized carbons (Fsp3) is 0.375. The number of halogens is 1. The van der Waals surface area contributed by atoms with Gasteiger partial charge in [0.2, 0.25) is 11.8 Å². The average molecular weight is 348 g/mol. The topological polar surface area (TPSA) is 84.0 Å². The lowest BCUT2D eigenvalue weighted by Gasteiger charge is -2.24. The highest BCUT2D eigenvalue weighted by Gasteiger charge is 2.31. The first-order chi connectivity index (χ1) is 11.5. The third-order valence-electron chi connectivity index (χ3n) is 3.92. The monoisotopic (exact) mass is 348 g/mol. The lowest BCUT2D eigenvalue weighted by Crippen LogP contribution is -2.34. The van der Waals surface area contributed by atoms with Crippen molar-refractivity contribution in [3.63, 3.8) is 0 Å². The first-order valence-corrected chi connectivity index (χ1v) is 8.41. The van der Waals surface area contributed by atoms with E-state index in [0.717, 1.165) is 10.6 Å². The van der Waals surface area contributed by atoms with E-state index >= 15 is 0 Å². The first-order valence-electron chi connectivity index (χ1n) is 7.64. The molecule has 24 heavy (non-hydrogen) atoms. The summed E-state index contributed by atoms with van der Waals surface area (Å²) in [5.74, 6) is -1.48. The summed E-state index contributed by atoms with van der Waals surface area (Å²) >= 11 is 1.24. The van der Waals surface area contributed by atoms with Crippen LogP contribution in [-0.2, 0) is 16.1 Å². The van der Waals surface area contributed by atoms with Crippen LogP contribution in [0.4, 0.5) is 10.1 Å². The SMILES string of the molecule is CC(C)c1nnsc1CNC(=O)C1CC(=O)Nc2ccc(F)cc21. The van der Waals surface area contributed by atoms with E-state index < -0.39 is 11.7 Å². The van der Waals surface area contributed by atoms with Crippen molar-refractivity contribution < 1.29 is 14.0 Å². The highest BCUT2D eigenvalue weighted by molar-refractivity contribution is 7.05. The maximum atomic E-state index is 13.5. The molecule has 0 saturated heterocycles. The smallest absolute Gasteiger partial charge is 0.228 e. The lowest BCUT2D eigenvalue weighted by molar-refractivity contribution is -0.126. The van der Waals surface area contributed by atoms with Crippen LogP contribution in [0.25, 0.3) is 0 Å². The second kappa shape index (κ2) is 6.64. The molecule has 0 saturated carbocycles. The van der Waals surface area contributed by atoms with Gasteiger partial charge in [-0.15, -0.1) is 5.10 Å². The zero-order valence-corrected chi connectivity index (χ0v) is 14.1. The summed E-state index contributed by atoms with van der Waals surface area (Å²) in [5.41, 5.74) is 1.84. The Bertz CT molecular complexity index is 790. The number of benzene rings is 1. The van der Waals surface area contributed by atoms with Gasteiger partial charge in [-0.25, -0.2) is 4.39 Å². The van der Waals surface area contributed by atoms with Gasteiger partial charge in [-0.3, -0.25) is 9.59 Å². The zero-order chi connectivity index (χ0) is 17.3. The highest BCUT2D eigenvalue weighted by Crippen LogP contribution is 2.33. The molecule has 1 aliphatic rings. The Morgan fingerprint density at radius 3 is 3.04 bits per heavy atom. The van der Waals surface area contributed by atoms with Crippen LogP contribution >= 0.6 is 11.5 Å². The summed E-state index contributed by atoms with van der Waals surface area (Å²) in [6.45, 7) is 4.31. The Kier molecular flexibility index (Phi) is 4.57. The van der Waals surface area contributed by atoms with Crippen LogP contribution in [0.3, 0.4) is 0 Å². The van der Waals surface area contributed by atoms with Gasteiger partial charge in [0.1, 0.15) is 5.82 Å². The lowest BCUT2D eigenvalue weighted by atomic mass is 9.89. The van der Waals surface area contributed by atoms with Gasteiger partial charge < -0.3 is 10.6 Å². The number of carbonyl (C=O) groups is 2. The van der Waals surface area contributed by atoms with E-state index in [-0.39, 0.29) is 24.2 Å². The summed E-state index contributed by atoms with van der Waals surface area (Å²) in [6, 6.07) is 4.04. The van der Waals surface area contributed by atoms with Crippen molar-refractivity contribution >= 4 is 29.0 Å². The van der Waals surface area contributed by atoms with Gasteiger partial charge in [-0.05, 0) is 41.2 Å². The van der Waals surface area contributed by atoms with E-state index in [4.69, 9.17) is 0 Å². The number of anilines is 1. The molecule has 126 valence electrons. The van der Waals surface area contributed by atoms with Crippen molar-refractivity contribution in [2.45, 2.75) is 38.6 Å². The summed E-state index contributed by atoms with van der Waals surface area (Å²) in [4.78, 5) is 25.2. The molecule has 3 rings (SSSR count). The van der Waals surface area contributed by atoms with E-state index in [0.29, 0.717) is 17.8 Å². The number of nitrogens with one attached hydrogen (secondary N) is 2. The van der Waals surface area contributed by atoms with Crippen LogP contribution in [-0.4, -0.2) is 21.4 Å². The van der Waals surface area contributed by atoms with Crippen LogP contribution in [0.15, 0.2) is 18.2 Å². The van der Waals surface area contributed by atoms with Gasteiger partial charge in [0.25, 0.3) is 0 Å². The first kappa shape index (κ1) is 16.5. The molecule has 1 aromatic carbocycles. The number of aromatic nitrogens is 2. The van der Waals surface area contributed by atoms with Gasteiger partial charge in [-0.2, -0.15) is 0 Å². The molecule has 2 heterocycles. The van der Waals surface area contributed by atoms with Gasteiger partial charge in [0.05, 0.1) is 23.0 Å². The van der Waals surface area contributed by atoms with Crippen LogP contribution < -0.4 is 10.6 Å². The number of fused-ring (bicyclic) bond motifs is 1. The molecular weight excluding hydrogens is 331 g/mol. The van der Waals surface area contributed by atoms with Crippen LogP contribution in [0.2, 0.25) is 0 Å². The Morgan fingerprint density at radius 2 is 2.29 bits per heavy atom. The number of rotatable bonds is 4. The summed E-state index contributed by atoms with van der Waals surface area (Å²) in [6.07, 6.45) is 0.000263. The number of hydrogen-bond donors (Lipinski definition) is 2. The van der Waals surface area contributed by atoms with E-state index in [1.807, 2.05) is 13.8 Å². The second-order valence-electron chi connectivity index (χ2n) is 5.99. The van der Waals surface area contributed by atoms with Crippen molar-refractivity contribution in [1.29, 1.82) is 0 Å². The number of hydrogen-bond acceptors (Lipinski definition) is 5. The molecule has 0 fully saturated rings. The van der Waals surface area contributed by atoms with Gasteiger partial charge in [0.15, 0.2) is 0 Å². The largest absolute Gasteiger partial charge is 0.351 e. The zero-order valence-electron chi connectivity index (χ0n) is 13.3. The molecule has 6 nitrogen and oxygen atoms in total. The predicted molar refractivity (Wildman–Crippen MR) is 88.2 cm³/mol. The molecule has 0 aliphatic carbocycles. The van der Waals surface area contributed by atoms with Gasteiger partial charge >= 0.3 is 0 Å². The minimum atomic E-state index is -0.701. The van der Waals surface area contributed by atoms with Crippen molar-refractivity contribution in [3.8, 4) is 0 Å². The van der Waals surface area contributed by atoms with E-state index in [9.17, 15) is 14.0 Å². The van der Waals surface area contributed by atoms with Crippen LogP contribution in [0.5, 0.6) is 0 Å². The normalized spacial score (nSPS) is 16.7. The number of carbonyl (C=O) groups excluding carboxylic acids is 2. The molecule has 2 aromatic rings. The number of amides is 2. The minimum absolute atomic E-state index is 0.000263. The van der Waals surface area contributed by atoms with Gasteiger partial charge in [0, 0.05) is 12.1 Å². The molecule has 0 spiro atoms. The molecule has 1 atom stereocenters. The fourth-order valence-corrected chi connectivity index (χ4v) is 3.47. The van der Waals surface area contributed by atoms with E-state index in [1.165, 1.54) is 29.7 Å². The van der Waals surface area contributed by atoms with Crippen molar-refractivity contribution in [2.24, 2.45) is 0 Å². The van der Waals surface area contributed by atoms with Crippen LogP contribution in [0, 0.1) is 5.82 Å². The molecule has 2 amide bonds. The van der Waals surface area contributed by atoms with Crippen molar-refractivity contribution in [2.75, 3.05) is 5.32 Å². The van der Waals surface area contributed by atoms with E-state index in [1.54, 1.807) is 0 Å². The Labute approximate surface area is 142 Å². The standard InChI is InChI=1S/C16H17FN4O2S/c1-8(2)15-13(24-21-20-15)7-18-16(23)11-6-14(22)19-12-4-3-9(17)5-10(11)12/h3-5,8,11H,6-7H2,1-2H3,(H,18,23)(H,19,22). The van der Waals surface area contributed by atoms with Crippen LogP contribution in [0.1, 0.15) is 48.2 Å². The maximum Gasteiger partial charge on any atom is 0.228 e. The minimum Gasteiger partial charge on any atom is -0.351 e. The average Bonchev–Trinajstić information content (AvgIpc) is 3.01. The molecule has 2 N–H and O–H groups in total. The third kappa shape index (κ3) is 3.28. The molecule has 1 aromatic heterocycles. The van der Waals surface area contributed by atoms with Crippen molar-refractivity contribution in [1.82, 2.24) is 14.9 Å². The summed E-state index contributed by atoms with van der Waals surface area (Å²) in [7, 11) is 0. The van der Waals surface area contributed by atoms with Gasteiger partial charge in [-0.1, -0.05) is 18.3 Å². The summed E-state index contributed by atoms with van der Waals surface area (Å²) < 4.78 is 17.4. The molecule has 0 radical (unpaired) electrons. The van der Waals surface area contributed by atoms with Crippen molar-refractivity contribution in [3.05, 3.63) is 40.2 Å². The second-order valence-corrected chi connectivity index (χ2v) is 6.83. The highest BCUT2D eigenvalue weighted by atomic mass is 32.1.